The van der Waals surface area contributed by atoms with Crippen molar-refractivity contribution in [3.63, 3.8) is 0 Å². The second-order valence-corrected chi connectivity index (χ2v) is 8.05. The maximum atomic E-state index is 13.1. The van der Waals surface area contributed by atoms with E-state index in [1.54, 1.807) is 12.1 Å². The monoisotopic (exact) mass is 392 g/mol. The van der Waals surface area contributed by atoms with Crippen molar-refractivity contribution in [2.24, 2.45) is 0 Å². The highest BCUT2D eigenvalue weighted by molar-refractivity contribution is 6.00. The minimum atomic E-state index is -0.173. The number of aromatic nitrogens is 1. The molecule has 0 bridgehead atoms. The average Bonchev–Trinajstić information content (AvgIpc) is 3.14. The van der Waals surface area contributed by atoms with Gasteiger partial charge in [0.25, 0.3) is 0 Å². The molecule has 1 aliphatic heterocycles. The lowest BCUT2D eigenvalue weighted by Crippen LogP contribution is -2.18. The summed E-state index contributed by atoms with van der Waals surface area (Å²) in [5.41, 5.74) is 4.54. The number of halogens is 1. The molecule has 0 unspecified atom stereocenters. The molecule has 0 amide bonds. The maximum absolute atomic E-state index is 13.1. The van der Waals surface area contributed by atoms with Crippen LogP contribution < -0.4 is 5.32 Å². The number of benzene rings is 2. The van der Waals surface area contributed by atoms with Gasteiger partial charge in [-0.2, -0.15) is 0 Å². The van der Waals surface area contributed by atoms with Gasteiger partial charge in [0.1, 0.15) is 5.82 Å². The average molecular weight is 393 g/mol. The third-order valence-corrected chi connectivity index (χ3v) is 5.84. The van der Waals surface area contributed by atoms with Crippen molar-refractivity contribution < 1.29 is 9.18 Å². The molecule has 3 nitrogen and oxygen atoms in total. The normalized spacial score (nSPS) is 13.1. The molecule has 0 radical (unpaired) electrons. The molecule has 4 heteroatoms. The van der Waals surface area contributed by atoms with E-state index in [-0.39, 0.29) is 11.6 Å². The zero-order chi connectivity index (χ0) is 20.1. The van der Waals surface area contributed by atoms with Crippen LogP contribution in [0.2, 0.25) is 0 Å². The van der Waals surface area contributed by atoms with Gasteiger partial charge in [-0.25, -0.2) is 4.39 Å². The van der Waals surface area contributed by atoms with Crippen LogP contribution in [0.25, 0.3) is 10.9 Å². The Morgan fingerprint density at radius 3 is 2.90 bits per heavy atom. The first kappa shape index (κ1) is 19.8. The number of hydrogen-bond donors (Lipinski definition) is 1. The zero-order valence-electron chi connectivity index (χ0n) is 16.9. The van der Waals surface area contributed by atoms with Gasteiger partial charge in [0.15, 0.2) is 5.78 Å². The quantitative estimate of drug-likeness (QED) is 0.375. The van der Waals surface area contributed by atoms with Gasteiger partial charge in [-0.3, -0.25) is 4.79 Å². The fourth-order valence-corrected chi connectivity index (χ4v) is 4.33. The van der Waals surface area contributed by atoms with Crippen molar-refractivity contribution in [3.8, 4) is 0 Å². The molecule has 1 aromatic heterocycles. The Morgan fingerprint density at radius 1 is 1.07 bits per heavy atom. The molecule has 0 saturated heterocycles. The van der Waals surface area contributed by atoms with Gasteiger partial charge >= 0.3 is 0 Å². The predicted octanol–water partition coefficient (Wildman–Crippen LogP) is 5.30. The Hall–Kier alpha value is -2.46. The highest BCUT2D eigenvalue weighted by Crippen LogP contribution is 2.28. The zero-order valence-corrected chi connectivity index (χ0v) is 16.9. The van der Waals surface area contributed by atoms with Gasteiger partial charge in [-0.05, 0) is 86.7 Å². The molecule has 29 heavy (non-hydrogen) atoms. The molecule has 4 rings (SSSR count). The fraction of sp³-hybridized carbons (Fsp3) is 0.400. The molecule has 0 spiro atoms. The molecule has 152 valence electrons. The van der Waals surface area contributed by atoms with E-state index in [2.05, 4.69) is 34.3 Å². The number of aryl methyl sites for hydroxylation is 2. The summed E-state index contributed by atoms with van der Waals surface area (Å²) in [6.07, 6.45) is 8.86. The number of carbonyl (C=O) groups excluding carboxylic acids is 1. The Balaban J connectivity index is 1.16. The molecule has 3 aromatic rings. The fourth-order valence-electron chi connectivity index (χ4n) is 4.33. The lowest BCUT2D eigenvalue weighted by Gasteiger charge is -2.16. The number of carbonyl (C=O) groups is 1. The van der Waals surface area contributed by atoms with Crippen LogP contribution in [0.5, 0.6) is 0 Å². The van der Waals surface area contributed by atoms with Crippen LogP contribution in [0, 0.1) is 5.82 Å². The summed E-state index contributed by atoms with van der Waals surface area (Å²) in [5, 5.41) is 4.61. The number of hydrogen-bond acceptors (Lipinski definition) is 2. The summed E-state index contributed by atoms with van der Waals surface area (Å²) < 4.78 is 15.5. The summed E-state index contributed by atoms with van der Waals surface area (Å²) in [7, 11) is 0. The molecule has 0 saturated carbocycles. The molecule has 2 aromatic carbocycles. The van der Waals surface area contributed by atoms with E-state index in [0.29, 0.717) is 6.42 Å². The summed E-state index contributed by atoms with van der Waals surface area (Å²) in [4.78, 5) is 12.6. The van der Waals surface area contributed by atoms with E-state index >= 15 is 0 Å². The van der Waals surface area contributed by atoms with E-state index in [1.165, 1.54) is 22.5 Å². The van der Waals surface area contributed by atoms with E-state index in [1.807, 2.05) is 6.07 Å². The predicted molar refractivity (Wildman–Crippen MR) is 116 cm³/mol. The van der Waals surface area contributed by atoms with Crippen molar-refractivity contribution in [3.05, 3.63) is 71.2 Å². The molecule has 2 heterocycles. The topological polar surface area (TPSA) is 34.0 Å². The summed E-state index contributed by atoms with van der Waals surface area (Å²) in [6, 6.07) is 13.1. The Kier molecular flexibility index (Phi) is 6.40. The van der Waals surface area contributed by atoms with Crippen molar-refractivity contribution >= 4 is 16.7 Å². The van der Waals surface area contributed by atoms with Gasteiger partial charge in [-0.15, -0.1) is 0 Å². The number of ketones is 1. The molecule has 1 aliphatic rings. The summed E-state index contributed by atoms with van der Waals surface area (Å²) in [5.74, 6) is 0.0914. The largest absolute Gasteiger partial charge is 0.347 e. The van der Waals surface area contributed by atoms with Gasteiger partial charge < -0.3 is 9.88 Å². The molecular formula is C25H29FN2O. The van der Waals surface area contributed by atoms with Crippen molar-refractivity contribution in [1.82, 2.24) is 9.88 Å². The second kappa shape index (κ2) is 9.36. The highest BCUT2D eigenvalue weighted by atomic mass is 19.1. The summed E-state index contributed by atoms with van der Waals surface area (Å²) >= 11 is 0. The molecule has 0 aliphatic carbocycles. The number of unbranched alkanes of at least 4 members (excludes halogenated alkanes) is 2. The van der Waals surface area contributed by atoms with Crippen molar-refractivity contribution in [2.45, 2.75) is 51.5 Å². The first-order chi connectivity index (χ1) is 14.2. The van der Waals surface area contributed by atoms with Crippen LogP contribution in [-0.2, 0) is 19.4 Å². The van der Waals surface area contributed by atoms with Crippen LogP contribution in [0.3, 0.4) is 0 Å². The van der Waals surface area contributed by atoms with Crippen LogP contribution in [-0.4, -0.2) is 23.4 Å². The molecule has 1 N–H and O–H groups in total. The van der Waals surface area contributed by atoms with E-state index in [9.17, 15) is 9.18 Å². The van der Waals surface area contributed by atoms with E-state index in [4.69, 9.17) is 0 Å². The minimum absolute atomic E-state index is 0.173. The number of nitrogens with one attached hydrogen (secondary N) is 1. The minimum Gasteiger partial charge on any atom is -0.347 e. The molecule has 0 fully saturated rings. The lowest BCUT2D eigenvalue weighted by molar-refractivity contribution is 0.0979. The van der Waals surface area contributed by atoms with Crippen molar-refractivity contribution in [2.75, 3.05) is 13.1 Å². The van der Waals surface area contributed by atoms with Gasteiger partial charge in [0, 0.05) is 30.1 Å². The van der Waals surface area contributed by atoms with Gasteiger partial charge in [0.2, 0.25) is 0 Å². The first-order valence-electron chi connectivity index (χ1n) is 10.8. The standard InChI is InChI=1S/C25H29FN2O/c26-23-8-4-6-19(16-23)10-13-27-12-3-1-2-9-24(29)22-17-20-7-5-14-28-15-11-21(18-22)25(20)28/h4,6,8,11,15-18,27H,1-3,5,7,9-10,12-14H2. The van der Waals surface area contributed by atoms with E-state index in [0.717, 1.165) is 69.3 Å². The van der Waals surface area contributed by atoms with Crippen LogP contribution in [0.1, 0.15) is 53.6 Å². The maximum Gasteiger partial charge on any atom is 0.162 e. The first-order valence-corrected chi connectivity index (χ1v) is 10.8. The lowest BCUT2D eigenvalue weighted by atomic mass is 9.96. The molecule has 0 atom stereocenters. The smallest absolute Gasteiger partial charge is 0.162 e. The summed E-state index contributed by atoms with van der Waals surface area (Å²) in [6.45, 7) is 2.87. The highest BCUT2D eigenvalue weighted by Gasteiger charge is 2.16. The van der Waals surface area contributed by atoms with Gasteiger partial charge in [0.05, 0.1) is 5.52 Å². The molecular weight excluding hydrogens is 363 g/mol. The third-order valence-electron chi connectivity index (χ3n) is 5.84. The van der Waals surface area contributed by atoms with Crippen LogP contribution >= 0.6 is 0 Å². The third kappa shape index (κ3) is 4.94. The Bertz CT molecular complexity index is 992. The number of Topliss-reactive ketones (excluding diaryl/α,β-unsaturated/α-hetero) is 1. The SMILES string of the molecule is O=C(CCCCCNCCc1cccc(F)c1)c1cc2c3c(ccn3CCC2)c1. The van der Waals surface area contributed by atoms with Crippen molar-refractivity contribution in [1.29, 1.82) is 0 Å². The Labute approximate surface area is 171 Å². The Morgan fingerprint density at radius 2 is 2.00 bits per heavy atom. The van der Waals surface area contributed by atoms with E-state index < -0.39 is 0 Å². The van der Waals surface area contributed by atoms with Gasteiger partial charge in [-0.1, -0.05) is 18.6 Å². The number of rotatable bonds is 10. The van der Waals surface area contributed by atoms with Crippen LogP contribution in [0.4, 0.5) is 4.39 Å². The van der Waals surface area contributed by atoms with Crippen LogP contribution in [0.15, 0.2) is 48.7 Å². The second-order valence-electron chi connectivity index (χ2n) is 8.05. The number of nitrogens with zero attached hydrogens (tertiary/aromatic N) is 1.